The van der Waals surface area contributed by atoms with E-state index in [9.17, 15) is 14.4 Å². The van der Waals surface area contributed by atoms with Crippen LogP contribution in [0.3, 0.4) is 0 Å². The summed E-state index contributed by atoms with van der Waals surface area (Å²) in [6.07, 6.45) is 1.81. The lowest BCUT2D eigenvalue weighted by atomic mass is 10.2. The Morgan fingerprint density at radius 3 is 2.85 bits per heavy atom. The van der Waals surface area contributed by atoms with Gasteiger partial charge in [-0.25, -0.2) is 4.79 Å². The highest BCUT2D eigenvalue weighted by atomic mass is 16.2. The van der Waals surface area contributed by atoms with E-state index < -0.39 is 11.9 Å². The topological polar surface area (TPSA) is 98.4 Å². The first kappa shape index (κ1) is 14.0. The minimum Gasteiger partial charge on any atom is -0.318 e. The average Bonchev–Trinajstić information content (AvgIpc) is 2.91. The van der Waals surface area contributed by atoms with Crippen molar-refractivity contribution < 1.29 is 14.4 Å². The van der Waals surface area contributed by atoms with Crippen molar-refractivity contribution in [3.63, 3.8) is 0 Å². The van der Waals surface area contributed by atoms with Gasteiger partial charge in [-0.3, -0.25) is 19.6 Å². The smallest absolute Gasteiger partial charge is 0.318 e. The minimum atomic E-state index is -0.459. The number of hydrogen-bond donors (Lipinski definition) is 2. The number of aryl methyl sites for hydroxylation is 1. The summed E-state index contributed by atoms with van der Waals surface area (Å²) in [6, 6.07) is 1.28. The molecule has 1 aliphatic rings. The Kier molecular flexibility index (Phi) is 4.02. The molecule has 8 heteroatoms. The summed E-state index contributed by atoms with van der Waals surface area (Å²) in [7, 11) is 1.52. The number of amides is 4. The fourth-order valence-corrected chi connectivity index (χ4v) is 1.97. The molecule has 1 saturated heterocycles. The molecule has 0 atom stereocenters. The van der Waals surface area contributed by atoms with Crippen molar-refractivity contribution in [3.05, 3.63) is 11.8 Å². The number of imide groups is 1. The molecule has 0 unspecified atom stereocenters. The van der Waals surface area contributed by atoms with E-state index in [0.29, 0.717) is 5.82 Å². The Morgan fingerprint density at radius 2 is 2.25 bits per heavy atom. The first-order valence-corrected chi connectivity index (χ1v) is 6.41. The number of carbonyl (C=O) groups is 3. The zero-order chi connectivity index (χ0) is 14.7. The van der Waals surface area contributed by atoms with Crippen LogP contribution >= 0.6 is 0 Å². The molecular formula is C12H17N5O3. The number of rotatable bonds is 5. The quantitative estimate of drug-likeness (QED) is 0.752. The lowest BCUT2D eigenvalue weighted by Gasteiger charge is -2.12. The molecule has 0 radical (unpaired) electrons. The van der Waals surface area contributed by atoms with Crippen LogP contribution in [0.1, 0.15) is 19.0 Å². The summed E-state index contributed by atoms with van der Waals surface area (Å²) in [5, 5.41) is 9.31. The number of hydrogen-bond acceptors (Lipinski definition) is 4. The molecule has 1 fully saturated rings. The molecule has 108 valence electrons. The lowest BCUT2D eigenvalue weighted by molar-refractivity contribution is -0.129. The summed E-state index contributed by atoms with van der Waals surface area (Å²) in [6.45, 7) is 1.76. The van der Waals surface area contributed by atoms with Gasteiger partial charge in [0.1, 0.15) is 13.1 Å². The number of aromatic amines is 1. The van der Waals surface area contributed by atoms with E-state index in [2.05, 4.69) is 15.5 Å². The molecule has 0 bridgehead atoms. The molecule has 1 aromatic heterocycles. The monoisotopic (exact) mass is 279 g/mol. The van der Waals surface area contributed by atoms with Crippen LogP contribution in [0.4, 0.5) is 10.6 Å². The standard InChI is InChI=1S/C12H17N5O3/c1-3-4-8-5-9(15-14-8)13-10(18)6-17-11(19)7-16(2)12(17)20/h5H,3-4,6-7H2,1-2H3,(H2,13,14,15,18). The third-order valence-electron chi connectivity index (χ3n) is 2.95. The Morgan fingerprint density at radius 1 is 1.50 bits per heavy atom. The maximum atomic E-state index is 11.8. The Hall–Kier alpha value is -2.38. The molecule has 0 aliphatic carbocycles. The van der Waals surface area contributed by atoms with Gasteiger partial charge in [-0.2, -0.15) is 5.10 Å². The van der Waals surface area contributed by atoms with Crippen LogP contribution in [0.2, 0.25) is 0 Å². The second kappa shape index (κ2) is 5.72. The van der Waals surface area contributed by atoms with Gasteiger partial charge in [0.2, 0.25) is 5.91 Å². The van der Waals surface area contributed by atoms with E-state index in [1.54, 1.807) is 6.07 Å². The number of likely N-dealkylation sites (N-methyl/N-ethyl adjacent to an activating group) is 1. The normalized spacial score (nSPS) is 15.1. The lowest BCUT2D eigenvalue weighted by Crippen LogP contribution is -2.38. The average molecular weight is 279 g/mol. The zero-order valence-corrected chi connectivity index (χ0v) is 11.5. The van der Waals surface area contributed by atoms with Crippen molar-refractivity contribution in [2.24, 2.45) is 0 Å². The van der Waals surface area contributed by atoms with Gasteiger partial charge < -0.3 is 10.2 Å². The molecular weight excluding hydrogens is 262 g/mol. The highest BCUT2D eigenvalue weighted by Gasteiger charge is 2.34. The number of nitrogens with zero attached hydrogens (tertiary/aromatic N) is 3. The van der Waals surface area contributed by atoms with E-state index in [0.717, 1.165) is 23.4 Å². The van der Waals surface area contributed by atoms with Crippen LogP contribution in [0, 0.1) is 0 Å². The SMILES string of the molecule is CCCc1cc(NC(=O)CN2C(=O)CN(C)C2=O)n[nH]1. The fraction of sp³-hybridized carbons (Fsp3) is 0.500. The molecule has 0 saturated carbocycles. The van der Waals surface area contributed by atoms with Gasteiger partial charge in [0, 0.05) is 18.8 Å². The van der Waals surface area contributed by atoms with E-state index >= 15 is 0 Å². The number of nitrogens with one attached hydrogen (secondary N) is 2. The Balaban J connectivity index is 1.92. The number of anilines is 1. The summed E-state index contributed by atoms with van der Waals surface area (Å²) in [5.41, 5.74) is 0.927. The molecule has 4 amide bonds. The van der Waals surface area contributed by atoms with Crippen LogP contribution < -0.4 is 5.32 Å². The van der Waals surface area contributed by atoms with Gasteiger partial charge in [0.15, 0.2) is 5.82 Å². The van der Waals surface area contributed by atoms with E-state index in [4.69, 9.17) is 0 Å². The molecule has 8 nitrogen and oxygen atoms in total. The minimum absolute atomic E-state index is 0.00909. The van der Waals surface area contributed by atoms with Crippen molar-refractivity contribution in [3.8, 4) is 0 Å². The molecule has 0 spiro atoms. The van der Waals surface area contributed by atoms with E-state index in [-0.39, 0.29) is 19.0 Å². The maximum absolute atomic E-state index is 11.8. The first-order valence-electron chi connectivity index (χ1n) is 6.41. The highest BCUT2D eigenvalue weighted by Crippen LogP contribution is 2.10. The molecule has 2 rings (SSSR count). The predicted octanol–water partition coefficient (Wildman–Crippen LogP) is 0.195. The predicted molar refractivity (Wildman–Crippen MR) is 71.0 cm³/mol. The zero-order valence-electron chi connectivity index (χ0n) is 11.5. The summed E-state index contributed by atoms with van der Waals surface area (Å²) < 4.78 is 0. The summed E-state index contributed by atoms with van der Waals surface area (Å²) in [5.74, 6) is -0.427. The van der Waals surface area contributed by atoms with E-state index in [1.165, 1.54) is 11.9 Å². The van der Waals surface area contributed by atoms with Gasteiger partial charge in [-0.15, -0.1) is 0 Å². The third-order valence-corrected chi connectivity index (χ3v) is 2.95. The van der Waals surface area contributed by atoms with Crippen molar-refractivity contribution in [1.29, 1.82) is 0 Å². The fourth-order valence-electron chi connectivity index (χ4n) is 1.97. The highest BCUT2D eigenvalue weighted by molar-refractivity contribution is 6.06. The Bertz CT molecular complexity index is 539. The molecule has 0 aromatic carbocycles. The van der Waals surface area contributed by atoms with Crippen LogP contribution in [-0.4, -0.2) is 58.0 Å². The third kappa shape index (κ3) is 2.95. The van der Waals surface area contributed by atoms with Crippen molar-refractivity contribution in [2.45, 2.75) is 19.8 Å². The van der Waals surface area contributed by atoms with Crippen molar-refractivity contribution in [2.75, 3.05) is 25.5 Å². The van der Waals surface area contributed by atoms with Gasteiger partial charge >= 0.3 is 6.03 Å². The number of aromatic nitrogens is 2. The molecule has 1 aromatic rings. The Labute approximate surface area is 116 Å². The van der Waals surface area contributed by atoms with Crippen molar-refractivity contribution in [1.82, 2.24) is 20.0 Å². The van der Waals surface area contributed by atoms with Gasteiger partial charge in [0.05, 0.1) is 0 Å². The molecule has 2 N–H and O–H groups in total. The van der Waals surface area contributed by atoms with Crippen LogP contribution in [-0.2, 0) is 16.0 Å². The van der Waals surface area contributed by atoms with Gasteiger partial charge in [-0.1, -0.05) is 13.3 Å². The first-order chi connectivity index (χ1) is 9.51. The summed E-state index contributed by atoms with van der Waals surface area (Å²) in [4.78, 5) is 37.2. The largest absolute Gasteiger partial charge is 0.327 e. The van der Waals surface area contributed by atoms with Crippen molar-refractivity contribution >= 4 is 23.7 Å². The van der Waals surface area contributed by atoms with Gasteiger partial charge in [-0.05, 0) is 6.42 Å². The molecule has 2 heterocycles. The number of H-pyrrole nitrogens is 1. The van der Waals surface area contributed by atoms with Crippen LogP contribution in [0.25, 0.3) is 0 Å². The number of urea groups is 1. The maximum Gasteiger partial charge on any atom is 0.327 e. The van der Waals surface area contributed by atoms with Gasteiger partial charge in [0.25, 0.3) is 5.91 Å². The molecule has 20 heavy (non-hydrogen) atoms. The second-order valence-corrected chi connectivity index (χ2v) is 4.70. The second-order valence-electron chi connectivity index (χ2n) is 4.70. The van der Waals surface area contributed by atoms with Crippen LogP contribution in [0.5, 0.6) is 0 Å². The summed E-state index contributed by atoms with van der Waals surface area (Å²) >= 11 is 0. The molecule has 1 aliphatic heterocycles. The van der Waals surface area contributed by atoms with Crippen LogP contribution in [0.15, 0.2) is 6.07 Å². The number of carbonyl (C=O) groups excluding carboxylic acids is 3. The van der Waals surface area contributed by atoms with E-state index in [1.807, 2.05) is 6.92 Å².